The SMILES string of the molecule is COc1ccc2c(c1)OC(C)C[C@H]2O. The fourth-order valence-corrected chi connectivity index (χ4v) is 1.73. The van der Waals surface area contributed by atoms with E-state index in [0.29, 0.717) is 6.42 Å². The Bertz CT molecular complexity index is 335. The summed E-state index contributed by atoms with van der Waals surface area (Å²) in [6.07, 6.45) is 0.295. The lowest BCUT2D eigenvalue weighted by molar-refractivity contribution is 0.0747. The van der Waals surface area contributed by atoms with Gasteiger partial charge in [-0.3, -0.25) is 0 Å². The van der Waals surface area contributed by atoms with Gasteiger partial charge in [0.05, 0.1) is 19.3 Å². The molecule has 1 aliphatic rings. The Morgan fingerprint density at radius 1 is 1.50 bits per heavy atom. The first kappa shape index (κ1) is 9.34. The van der Waals surface area contributed by atoms with E-state index in [1.807, 2.05) is 25.1 Å². The molecular weight excluding hydrogens is 180 g/mol. The van der Waals surface area contributed by atoms with E-state index in [1.54, 1.807) is 7.11 Å². The molecule has 0 saturated heterocycles. The molecule has 3 nitrogen and oxygen atoms in total. The van der Waals surface area contributed by atoms with Crippen molar-refractivity contribution < 1.29 is 14.6 Å². The highest BCUT2D eigenvalue weighted by atomic mass is 16.5. The summed E-state index contributed by atoms with van der Waals surface area (Å²) in [5.41, 5.74) is 0.851. The summed E-state index contributed by atoms with van der Waals surface area (Å²) < 4.78 is 10.7. The van der Waals surface area contributed by atoms with Crippen LogP contribution in [0.15, 0.2) is 18.2 Å². The van der Waals surface area contributed by atoms with Gasteiger partial charge in [0.15, 0.2) is 0 Å². The van der Waals surface area contributed by atoms with Gasteiger partial charge in [-0.15, -0.1) is 0 Å². The topological polar surface area (TPSA) is 38.7 Å². The van der Waals surface area contributed by atoms with Crippen molar-refractivity contribution in [3.05, 3.63) is 23.8 Å². The Labute approximate surface area is 83.3 Å². The van der Waals surface area contributed by atoms with E-state index in [0.717, 1.165) is 17.1 Å². The van der Waals surface area contributed by atoms with Crippen molar-refractivity contribution in [1.82, 2.24) is 0 Å². The molecule has 76 valence electrons. The Balaban J connectivity index is 2.39. The number of rotatable bonds is 1. The summed E-state index contributed by atoms with van der Waals surface area (Å²) in [5, 5.41) is 9.77. The number of methoxy groups -OCH3 is 1. The first-order chi connectivity index (χ1) is 6.70. The molecule has 0 spiro atoms. The van der Waals surface area contributed by atoms with Gasteiger partial charge in [0.1, 0.15) is 11.5 Å². The molecule has 0 saturated carbocycles. The second-order valence-electron chi connectivity index (χ2n) is 3.58. The Morgan fingerprint density at radius 3 is 3.00 bits per heavy atom. The molecule has 1 aromatic carbocycles. The van der Waals surface area contributed by atoms with Gasteiger partial charge in [-0.1, -0.05) is 0 Å². The number of aliphatic hydroxyl groups excluding tert-OH is 1. The lowest BCUT2D eigenvalue weighted by Crippen LogP contribution is -2.22. The van der Waals surface area contributed by atoms with Gasteiger partial charge < -0.3 is 14.6 Å². The van der Waals surface area contributed by atoms with Crippen LogP contribution in [0.3, 0.4) is 0 Å². The van der Waals surface area contributed by atoms with Crippen molar-refractivity contribution in [2.45, 2.75) is 25.6 Å². The van der Waals surface area contributed by atoms with E-state index in [-0.39, 0.29) is 6.10 Å². The summed E-state index contributed by atoms with van der Waals surface area (Å²) in [6.45, 7) is 1.95. The van der Waals surface area contributed by atoms with E-state index in [2.05, 4.69) is 0 Å². The van der Waals surface area contributed by atoms with Crippen LogP contribution in [0.2, 0.25) is 0 Å². The zero-order valence-electron chi connectivity index (χ0n) is 8.36. The highest BCUT2D eigenvalue weighted by molar-refractivity contribution is 5.43. The zero-order chi connectivity index (χ0) is 10.1. The van der Waals surface area contributed by atoms with Gasteiger partial charge in [0.25, 0.3) is 0 Å². The third-order valence-electron chi connectivity index (χ3n) is 2.46. The van der Waals surface area contributed by atoms with Crippen LogP contribution < -0.4 is 9.47 Å². The lowest BCUT2D eigenvalue weighted by atomic mass is 10.00. The molecule has 3 heteroatoms. The van der Waals surface area contributed by atoms with Crippen LogP contribution in [0.4, 0.5) is 0 Å². The highest BCUT2D eigenvalue weighted by Crippen LogP contribution is 2.36. The van der Waals surface area contributed by atoms with Crippen LogP contribution >= 0.6 is 0 Å². The van der Waals surface area contributed by atoms with Gasteiger partial charge in [0.2, 0.25) is 0 Å². The van der Waals surface area contributed by atoms with E-state index < -0.39 is 6.10 Å². The molecule has 1 heterocycles. The number of ether oxygens (including phenoxy) is 2. The molecule has 1 N–H and O–H groups in total. The van der Waals surface area contributed by atoms with Crippen LogP contribution in [0, 0.1) is 0 Å². The Morgan fingerprint density at radius 2 is 2.29 bits per heavy atom. The second kappa shape index (κ2) is 3.50. The van der Waals surface area contributed by atoms with Gasteiger partial charge in [-0.05, 0) is 19.1 Å². The first-order valence-corrected chi connectivity index (χ1v) is 4.73. The number of benzene rings is 1. The largest absolute Gasteiger partial charge is 0.497 e. The van der Waals surface area contributed by atoms with Gasteiger partial charge in [-0.2, -0.15) is 0 Å². The minimum Gasteiger partial charge on any atom is -0.497 e. The molecule has 1 unspecified atom stereocenters. The van der Waals surface area contributed by atoms with E-state index in [1.165, 1.54) is 0 Å². The molecule has 1 aromatic rings. The molecule has 0 fully saturated rings. The van der Waals surface area contributed by atoms with E-state index >= 15 is 0 Å². The fraction of sp³-hybridized carbons (Fsp3) is 0.455. The third-order valence-corrected chi connectivity index (χ3v) is 2.46. The van der Waals surface area contributed by atoms with Crippen molar-refractivity contribution in [2.24, 2.45) is 0 Å². The third kappa shape index (κ3) is 1.55. The number of fused-ring (bicyclic) bond motifs is 1. The van der Waals surface area contributed by atoms with Crippen LogP contribution in [-0.2, 0) is 0 Å². The van der Waals surface area contributed by atoms with Crippen molar-refractivity contribution in [1.29, 1.82) is 0 Å². The molecule has 0 radical (unpaired) electrons. The molecule has 0 bridgehead atoms. The van der Waals surface area contributed by atoms with Gasteiger partial charge in [-0.25, -0.2) is 0 Å². The molecule has 0 amide bonds. The molecule has 0 aliphatic carbocycles. The van der Waals surface area contributed by atoms with Crippen LogP contribution in [0.5, 0.6) is 11.5 Å². The highest BCUT2D eigenvalue weighted by Gasteiger charge is 2.24. The molecule has 14 heavy (non-hydrogen) atoms. The maximum absolute atomic E-state index is 9.77. The minimum atomic E-state index is -0.417. The Kier molecular flexibility index (Phi) is 2.33. The first-order valence-electron chi connectivity index (χ1n) is 4.73. The van der Waals surface area contributed by atoms with Crippen LogP contribution in [0.25, 0.3) is 0 Å². The quantitative estimate of drug-likeness (QED) is 0.742. The van der Waals surface area contributed by atoms with E-state index in [4.69, 9.17) is 9.47 Å². The molecular formula is C11H14O3. The summed E-state index contributed by atoms with van der Waals surface area (Å²) in [7, 11) is 1.62. The summed E-state index contributed by atoms with van der Waals surface area (Å²) in [5.74, 6) is 1.49. The molecule has 0 aromatic heterocycles. The van der Waals surface area contributed by atoms with Crippen LogP contribution in [0.1, 0.15) is 25.0 Å². The Hall–Kier alpha value is -1.22. The standard InChI is InChI=1S/C11H14O3/c1-7-5-10(12)9-4-3-8(13-2)6-11(9)14-7/h3-4,6-7,10,12H,5H2,1-2H3/t7?,10-/m1/s1. The average molecular weight is 194 g/mol. The molecule has 2 rings (SSSR count). The van der Waals surface area contributed by atoms with Crippen molar-refractivity contribution in [3.63, 3.8) is 0 Å². The molecule has 2 atom stereocenters. The van der Waals surface area contributed by atoms with Gasteiger partial charge >= 0.3 is 0 Å². The maximum Gasteiger partial charge on any atom is 0.129 e. The predicted octanol–water partition coefficient (Wildman–Crippen LogP) is 1.90. The van der Waals surface area contributed by atoms with Crippen molar-refractivity contribution in [2.75, 3.05) is 7.11 Å². The fourth-order valence-electron chi connectivity index (χ4n) is 1.73. The zero-order valence-corrected chi connectivity index (χ0v) is 8.36. The summed E-state index contributed by atoms with van der Waals surface area (Å²) in [6, 6.07) is 5.50. The second-order valence-corrected chi connectivity index (χ2v) is 3.58. The predicted molar refractivity (Wildman–Crippen MR) is 52.7 cm³/mol. The number of aliphatic hydroxyl groups is 1. The lowest BCUT2D eigenvalue weighted by Gasteiger charge is -2.27. The smallest absolute Gasteiger partial charge is 0.129 e. The van der Waals surface area contributed by atoms with Crippen molar-refractivity contribution in [3.8, 4) is 11.5 Å². The maximum atomic E-state index is 9.77. The average Bonchev–Trinajstić information content (AvgIpc) is 2.16. The number of hydrogen-bond donors (Lipinski definition) is 1. The summed E-state index contributed by atoms with van der Waals surface area (Å²) in [4.78, 5) is 0. The molecule has 1 aliphatic heterocycles. The monoisotopic (exact) mass is 194 g/mol. The normalized spacial score (nSPS) is 25.1. The van der Waals surface area contributed by atoms with Crippen molar-refractivity contribution >= 4 is 0 Å². The summed E-state index contributed by atoms with van der Waals surface area (Å²) >= 11 is 0. The van der Waals surface area contributed by atoms with Gasteiger partial charge in [0, 0.05) is 18.1 Å². The van der Waals surface area contributed by atoms with Crippen LogP contribution in [-0.4, -0.2) is 18.3 Å². The number of hydrogen-bond acceptors (Lipinski definition) is 3. The minimum absolute atomic E-state index is 0.0598. The van der Waals surface area contributed by atoms with E-state index in [9.17, 15) is 5.11 Å².